The molecule has 1 amide bonds. The number of pyridine rings is 1. The molecule has 0 bridgehead atoms. The fraction of sp³-hybridized carbons (Fsp3) is 0.185. The number of nitrogens with zero attached hydrogens (tertiary/aromatic N) is 6. The van der Waals surface area contributed by atoms with Crippen molar-refractivity contribution in [1.29, 1.82) is 0 Å². The summed E-state index contributed by atoms with van der Waals surface area (Å²) in [5.41, 5.74) is 5.51. The van der Waals surface area contributed by atoms with Crippen molar-refractivity contribution >= 4 is 24.0 Å². The highest BCUT2D eigenvalue weighted by molar-refractivity contribution is 5.95. The highest BCUT2D eigenvalue weighted by atomic mass is 16.1. The first-order chi connectivity index (χ1) is 17.2. The highest BCUT2D eigenvalue weighted by Gasteiger charge is 2.26. The quantitative estimate of drug-likeness (QED) is 0.465. The van der Waals surface area contributed by atoms with E-state index in [4.69, 9.17) is 4.98 Å². The van der Waals surface area contributed by atoms with E-state index in [0.29, 0.717) is 42.2 Å². The zero-order valence-corrected chi connectivity index (χ0v) is 19.0. The van der Waals surface area contributed by atoms with Gasteiger partial charge >= 0.3 is 0 Å². The number of hydrogen-bond donors (Lipinski definition) is 1. The van der Waals surface area contributed by atoms with Crippen molar-refractivity contribution < 1.29 is 4.79 Å². The van der Waals surface area contributed by atoms with Crippen molar-refractivity contribution in [2.45, 2.75) is 32.0 Å². The van der Waals surface area contributed by atoms with Crippen LogP contribution >= 0.6 is 0 Å². The fourth-order valence-electron chi connectivity index (χ4n) is 4.04. The summed E-state index contributed by atoms with van der Waals surface area (Å²) < 4.78 is 0. The van der Waals surface area contributed by atoms with Crippen molar-refractivity contribution in [3.05, 3.63) is 95.2 Å². The van der Waals surface area contributed by atoms with Crippen LogP contribution in [0.5, 0.6) is 0 Å². The molecule has 6 rings (SSSR count). The van der Waals surface area contributed by atoms with Crippen LogP contribution in [0.25, 0.3) is 23.7 Å². The Labute approximate surface area is 202 Å². The molecule has 0 spiro atoms. The standard InChI is InChI=1S/C27H23N7O/c35-26(32-22-5-6-22)19-2-3-20-16-34(17-21(20)15-19)27-30-14-10-24(33-27)25-29-13-9-23(31-25)4-1-18-7-11-28-12-8-18/h1-4,7-15,22H,5-6,16-17H2,(H,32,35)/b4-1+. The van der Waals surface area contributed by atoms with Crippen molar-refractivity contribution in [2.75, 3.05) is 4.90 Å². The first-order valence-electron chi connectivity index (χ1n) is 11.6. The number of aromatic nitrogens is 5. The zero-order valence-electron chi connectivity index (χ0n) is 19.0. The van der Waals surface area contributed by atoms with E-state index >= 15 is 0 Å². The van der Waals surface area contributed by atoms with Crippen LogP contribution in [0.15, 0.2) is 67.3 Å². The molecule has 1 aromatic carbocycles. The van der Waals surface area contributed by atoms with Crippen LogP contribution in [-0.2, 0) is 13.1 Å². The molecule has 2 aliphatic rings. The average molecular weight is 462 g/mol. The lowest BCUT2D eigenvalue weighted by Gasteiger charge is -2.15. The summed E-state index contributed by atoms with van der Waals surface area (Å²) in [5.74, 6) is 1.16. The predicted molar refractivity (Wildman–Crippen MR) is 133 cm³/mol. The smallest absolute Gasteiger partial charge is 0.251 e. The third kappa shape index (κ3) is 4.77. The molecule has 1 N–H and O–H groups in total. The molecule has 4 heterocycles. The van der Waals surface area contributed by atoms with Crippen molar-refractivity contribution in [3.8, 4) is 11.5 Å². The molecule has 0 atom stereocenters. The van der Waals surface area contributed by atoms with Gasteiger partial charge in [-0.05, 0) is 72.0 Å². The fourth-order valence-corrected chi connectivity index (χ4v) is 4.04. The van der Waals surface area contributed by atoms with Crippen LogP contribution in [0, 0.1) is 0 Å². The van der Waals surface area contributed by atoms with Gasteiger partial charge < -0.3 is 10.2 Å². The number of carbonyl (C=O) groups is 1. The lowest BCUT2D eigenvalue weighted by atomic mass is 10.1. The zero-order chi connectivity index (χ0) is 23.6. The van der Waals surface area contributed by atoms with Gasteiger partial charge in [-0.2, -0.15) is 0 Å². The lowest BCUT2D eigenvalue weighted by molar-refractivity contribution is 0.0951. The number of nitrogens with one attached hydrogen (secondary N) is 1. The summed E-state index contributed by atoms with van der Waals surface area (Å²) in [7, 11) is 0. The first kappa shape index (κ1) is 21.1. The largest absolute Gasteiger partial charge is 0.349 e. The van der Waals surface area contributed by atoms with E-state index in [9.17, 15) is 4.79 Å². The molecule has 1 saturated carbocycles. The van der Waals surface area contributed by atoms with Gasteiger partial charge in [0.25, 0.3) is 5.91 Å². The Morgan fingerprint density at radius 2 is 1.71 bits per heavy atom. The van der Waals surface area contributed by atoms with Crippen LogP contribution in [0.3, 0.4) is 0 Å². The molecule has 3 aromatic heterocycles. The molecular weight excluding hydrogens is 438 g/mol. The van der Waals surface area contributed by atoms with E-state index in [1.165, 1.54) is 5.56 Å². The topological polar surface area (TPSA) is 96.8 Å². The number of benzene rings is 1. The molecule has 1 aliphatic heterocycles. The van der Waals surface area contributed by atoms with E-state index in [1.54, 1.807) is 24.8 Å². The van der Waals surface area contributed by atoms with Crippen LogP contribution in [0.2, 0.25) is 0 Å². The number of rotatable bonds is 6. The molecule has 4 aromatic rings. The maximum atomic E-state index is 12.4. The summed E-state index contributed by atoms with van der Waals surface area (Å²) in [6, 6.07) is 13.8. The summed E-state index contributed by atoms with van der Waals surface area (Å²) >= 11 is 0. The summed E-state index contributed by atoms with van der Waals surface area (Å²) in [4.78, 5) is 36.9. The van der Waals surface area contributed by atoms with Crippen LogP contribution < -0.4 is 10.2 Å². The molecular formula is C27H23N7O. The minimum absolute atomic E-state index is 0.00186. The van der Waals surface area contributed by atoms with Crippen molar-refractivity contribution in [3.63, 3.8) is 0 Å². The van der Waals surface area contributed by atoms with E-state index in [2.05, 4.69) is 30.2 Å². The molecule has 0 radical (unpaired) electrons. The third-order valence-corrected chi connectivity index (χ3v) is 6.09. The van der Waals surface area contributed by atoms with Gasteiger partial charge in [-0.25, -0.2) is 19.9 Å². The van der Waals surface area contributed by atoms with Crippen molar-refractivity contribution in [1.82, 2.24) is 30.2 Å². The molecule has 8 nitrogen and oxygen atoms in total. The Morgan fingerprint density at radius 3 is 2.57 bits per heavy atom. The Kier molecular flexibility index (Phi) is 5.46. The van der Waals surface area contributed by atoms with Gasteiger partial charge in [-0.3, -0.25) is 9.78 Å². The van der Waals surface area contributed by atoms with Crippen LogP contribution in [0.1, 0.15) is 45.6 Å². The minimum atomic E-state index is 0.00186. The SMILES string of the molecule is O=C(NC1CC1)c1ccc2c(c1)CN(c1nccc(-c3nccc(/C=C/c4ccncc4)n3)n1)C2. The number of anilines is 1. The molecule has 172 valence electrons. The highest BCUT2D eigenvalue weighted by Crippen LogP contribution is 2.28. The van der Waals surface area contributed by atoms with Gasteiger partial charge in [0.2, 0.25) is 5.95 Å². The molecule has 1 fully saturated rings. The first-order valence-corrected chi connectivity index (χ1v) is 11.6. The van der Waals surface area contributed by atoms with Gasteiger partial charge in [-0.15, -0.1) is 0 Å². The molecule has 1 aliphatic carbocycles. The summed E-state index contributed by atoms with van der Waals surface area (Å²) in [5, 5.41) is 3.05. The number of carbonyl (C=O) groups excluding carboxylic acids is 1. The van der Waals surface area contributed by atoms with Crippen LogP contribution in [0.4, 0.5) is 5.95 Å². The Morgan fingerprint density at radius 1 is 0.886 bits per heavy atom. The molecule has 0 saturated heterocycles. The van der Waals surface area contributed by atoms with E-state index in [1.807, 2.05) is 54.6 Å². The Bertz CT molecular complexity index is 1420. The van der Waals surface area contributed by atoms with Gasteiger partial charge in [0, 0.05) is 49.5 Å². The number of hydrogen-bond acceptors (Lipinski definition) is 7. The second-order valence-corrected chi connectivity index (χ2v) is 8.75. The second kappa shape index (κ2) is 9.06. The third-order valence-electron chi connectivity index (χ3n) is 6.09. The van der Waals surface area contributed by atoms with Gasteiger partial charge in [0.1, 0.15) is 5.69 Å². The number of fused-ring (bicyclic) bond motifs is 1. The van der Waals surface area contributed by atoms with E-state index in [0.717, 1.165) is 29.7 Å². The molecule has 35 heavy (non-hydrogen) atoms. The van der Waals surface area contributed by atoms with Gasteiger partial charge in [0.05, 0.1) is 5.69 Å². The Hall–Kier alpha value is -4.46. The van der Waals surface area contributed by atoms with Crippen LogP contribution in [-0.4, -0.2) is 36.9 Å². The molecule has 0 unspecified atom stereocenters. The average Bonchev–Trinajstić information content (AvgIpc) is 3.62. The normalized spacial score (nSPS) is 14.8. The molecule has 8 heteroatoms. The summed E-state index contributed by atoms with van der Waals surface area (Å²) in [6.45, 7) is 1.35. The number of amides is 1. The second-order valence-electron chi connectivity index (χ2n) is 8.75. The Balaban J connectivity index is 1.20. The van der Waals surface area contributed by atoms with Gasteiger partial charge in [0.15, 0.2) is 5.82 Å². The maximum Gasteiger partial charge on any atom is 0.251 e. The van der Waals surface area contributed by atoms with E-state index < -0.39 is 0 Å². The lowest BCUT2D eigenvalue weighted by Crippen LogP contribution is -2.25. The van der Waals surface area contributed by atoms with E-state index in [-0.39, 0.29) is 5.91 Å². The predicted octanol–water partition coefficient (Wildman–Crippen LogP) is 3.91. The van der Waals surface area contributed by atoms with Crippen molar-refractivity contribution in [2.24, 2.45) is 0 Å². The van der Waals surface area contributed by atoms with Gasteiger partial charge in [-0.1, -0.05) is 12.1 Å². The maximum absolute atomic E-state index is 12.4. The summed E-state index contributed by atoms with van der Waals surface area (Å²) in [6.07, 6.45) is 13.1. The minimum Gasteiger partial charge on any atom is -0.349 e. The monoisotopic (exact) mass is 461 g/mol.